The molecule has 0 bridgehead atoms. The van der Waals surface area contributed by atoms with E-state index in [-0.39, 0.29) is 5.91 Å². The van der Waals surface area contributed by atoms with Crippen molar-refractivity contribution in [2.75, 3.05) is 19.5 Å². The highest BCUT2D eigenvalue weighted by Gasteiger charge is 2.12. The standard InChI is InChI=1S/C26H20BrNO5/c1-31-22-11-9-19(27)13-18(22)8-12-25(29)28-21-15-16(7-10-24(21)32-2)20-14-17-5-3-4-6-23(17)33-26(20)30/h3-15H,1-2H3,(H,28,29). The lowest BCUT2D eigenvalue weighted by atomic mass is 10.0. The van der Waals surface area contributed by atoms with Gasteiger partial charge < -0.3 is 19.2 Å². The Labute approximate surface area is 198 Å². The molecule has 0 radical (unpaired) electrons. The van der Waals surface area contributed by atoms with Gasteiger partial charge in [0.2, 0.25) is 5.91 Å². The summed E-state index contributed by atoms with van der Waals surface area (Å²) in [5.41, 5.74) is 2.22. The number of fused-ring (bicyclic) bond motifs is 1. The molecular formula is C26H20BrNO5. The smallest absolute Gasteiger partial charge is 0.344 e. The quantitative estimate of drug-likeness (QED) is 0.261. The molecule has 6 nitrogen and oxygen atoms in total. The highest BCUT2D eigenvalue weighted by Crippen LogP contribution is 2.31. The lowest BCUT2D eigenvalue weighted by Crippen LogP contribution is -2.10. The fourth-order valence-corrected chi connectivity index (χ4v) is 3.79. The lowest BCUT2D eigenvalue weighted by molar-refractivity contribution is -0.111. The largest absolute Gasteiger partial charge is 0.496 e. The van der Waals surface area contributed by atoms with E-state index in [1.54, 1.807) is 43.5 Å². The zero-order valence-electron chi connectivity index (χ0n) is 17.9. The summed E-state index contributed by atoms with van der Waals surface area (Å²) in [4.78, 5) is 25.2. The normalized spacial score (nSPS) is 11.0. The first-order chi connectivity index (χ1) is 16.0. The molecule has 166 valence electrons. The van der Waals surface area contributed by atoms with Gasteiger partial charge in [-0.15, -0.1) is 0 Å². The average Bonchev–Trinajstić information content (AvgIpc) is 2.82. The van der Waals surface area contributed by atoms with Gasteiger partial charge in [0.1, 0.15) is 17.1 Å². The first kappa shape index (κ1) is 22.4. The molecule has 0 unspecified atom stereocenters. The number of amides is 1. The second-order valence-electron chi connectivity index (χ2n) is 7.11. The third-order valence-electron chi connectivity index (χ3n) is 5.02. The molecule has 0 fully saturated rings. The van der Waals surface area contributed by atoms with Gasteiger partial charge in [0.05, 0.1) is 25.5 Å². The van der Waals surface area contributed by atoms with Gasteiger partial charge in [-0.2, -0.15) is 0 Å². The minimum atomic E-state index is -0.460. The lowest BCUT2D eigenvalue weighted by Gasteiger charge is -2.11. The van der Waals surface area contributed by atoms with E-state index in [1.165, 1.54) is 13.2 Å². The Morgan fingerprint density at radius 2 is 1.73 bits per heavy atom. The summed E-state index contributed by atoms with van der Waals surface area (Å²) in [5, 5.41) is 3.62. The Morgan fingerprint density at radius 1 is 0.970 bits per heavy atom. The number of carbonyl (C=O) groups excluding carboxylic acids is 1. The number of ether oxygens (including phenoxy) is 2. The second-order valence-corrected chi connectivity index (χ2v) is 8.02. The Morgan fingerprint density at radius 3 is 2.52 bits per heavy atom. The fraction of sp³-hybridized carbons (Fsp3) is 0.0769. The van der Waals surface area contributed by atoms with Crippen LogP contribution in [0.4, 0.5) is 5.69 Å². The molecule has 0 aliphatic heterocycles. The number of hydrogen-bond donors (Lipinski definition) is 1. The van der Waals surface area contributed by atoms with Crippen LogP contribution in [0.1, 0.15) is 5.56 Å². The zero-order chi connectivity index (χ0) is 23.4. The molecule has 1 N–H and O–H groups in total. The molecule has 3 aromatic carbocycles. The highest BCUT2D eigenvalue weighted by molar-refractivity contribution is 9.10. The first-order valence-corrected chi connectivity index (χ1v) is 10.8. The molecule has 0 saturated carbocycles. The van der Waals surface area contributed by atoms with Crippen molar-refractivity contribution in [2.45, 2.75) is 0 Å². The third-order valence-corrected chi connectivity index (χ3v) is 5.51. The van der Waals surface area contributed by atoms with Crippen LogP contribution < -0.4 is 20.4 Å². The van der Waals surface area contributed by atoms with Crippen molar-refractivity contribution in [1.82, 2.24) is 0 Å². The van der Waals surface area contributed by atoms with E-state index in [0.29, 0.717) is 33.9 Å². The van der Waals surface area contributed by atoms with Gasteiger partial charge >= 0.3 is 5.63 Å². The molecule has 1 aromatic heterocycles. The highest BCUT2D eigenvalue weighted by atomic mass is 79.9. The number of rotatable bonds is 6. The SMILES string of the molecule is COc1ccc(Br)cc1C=CC(=O)Nc1cc(-c2cc3ccccc3oc2=O)ccc1OC. The molecule has 0 saturated heterocycles. The predicted molar refractivity (Wildman–Crippen MR) is 133 cm³/mol. The van der Waals surface area contributed by atoms with Crippen molar-refractivity contribution < 1.29 is 18.7 Å². The van der Waals surface area contributed by atoms with Crippen LogP contribution in [0.3, 0.4) is 0 Å². The molecule has 0 aliphatic carbocycles. The fourth-order valence-electron chi connectivity index (χ4n) is 3.41. The maximum Gasteiger partial charge on any atom is 0.344 e. The summed E-state index contributed by atoms with van der Waals surface area (Å²) in [7, 11) is 3.08. The van der Waals surface area contributed by atoms with E-state index in [9.17, 15) is 9.59 Å². The number of nitrogens with one attached hydrogen (secondary N) is 1. The van der Waals surface area contributed by atoms with Gasteiger partial charge in [-0.05, 0) is 54.1 Å². The molecule has 4 rings (SSSR count). The van der Waals surface area contributed by atoms with Crippen LogP contribution in [0.25, 0.3) is 28.2 Å². The monoisotopic (exact) mass is 505 g/mol. The third kappa shape index (κ3) is 4.99. The molecule has 0 aliphatic rings. The number of hydrogen-bond acceptors (Lipinski definition) is 5. The number of anilines is 1. The molecule has 0 spiro atoms. The second kappa shape index (κ2) is 9.75. The zero-order valence-corrected chi connectivity index (χ0v) is 19.5. The average molecular weight is 506 g/mol. The number of para-hydroxylation sites is 1. The van der Waals surface area contributed by atoms with Gasteiger partial charge in [0.15, 0.2) is 0 Å². The van der Waals surface area contributed by atoms with Crippen molar-refractivity contribution in [2.24, 2.45) is 0 Å². The van der Waals surface area contributed by atoms with Gasteiger partial charge in [0, 0.05) is 21.5 Å². The number of carbonyl (C=O) groups is 1. The van der Waals surface area contributed by atoms with E-state index in [0.717, 1.165) is 15.4 Å². The number of benzene rings is 3. The van der Waals surface area contributed by atoms with E-state index >= 15 is 0 Å². The molecule has 7 heteroatoms. The van der Waals surface area contributed by atoms with Crippen molar-refractivity contribution in [3.8, 4) is 22.6 Å². The summed E-state index contributed by atoms with van der Waals surface area (Å²) < 4.78 is 17.0. The number of halogens is 1. The number of methoxy groups -OCH3 is 2. The molecule has 4 aromatic rings. The Balaban J connectivity index is 1.64. The van der Waals surface area contributed by atoms with Crippen LogP contribution in [-0.2, 0) is 4.79 Å². The Kier molecular flexibility index (Phi) is 6.60. The predicted octanol–water partition coefficient (Wildman–Crippen LogP) is 5.89. The van der Waals surface area contributed by atoms with Crippen LogP contribution >= 0.6 is 15.9 Å². The van der Waals surface area contributed by atoms with Crippen LogP contribution in [-0.4, -0.2) is 20.1 Å². The molecular weight excluding hydrogens is 486 g/mol. The Bertz CT molecular complexity index is 1420. The summed E-state index contributed by atoms with van der Waals surface area (Å²) >= 11 is 3.42. The molecule has 0 atom stereocenters. The van der Waals surface area contributed by atoms with Gasteiger partial charge in [-0.25, -0.2) is 4.79 Å². The van der Waals surface area contributed by atoms with Crippen molar-refractivity contribution in [3.05, 3.63) is 93.3 Å². The van der Waals surface area contributed by atoms with Crippen LogP contribution in [0, 0.1) is 0 Å². The van der Waals surface area contributed by atoms with Gasteiger partial charge in [-0.1, -0.05) is 40.2 Å². The van der Waals surface area contributed by atoms with E-state index in [1.807, 2.05) is 36.4 Å². The van der Waals surface area contributed by atoms with Crippen LogP contribution in [0.2, 0.25) is 0 Å². The summed E-state index contributed by atoms with van der Waals surface area (Å²) in [6.45, 7) is 0. The minimum Gasteiger partial charge on any atom is -0.496 e. The van der Waals surface area contributed by atoms with Crippen LogP contribution in [0.15, 0.2) is 86.5 Å². The summed E-state index contributed by atoms with van der Waals surface area (Å²) in [6, 6.07) is 19.7. The molecule has 33 heavy (non-hydrogen) atoms. The van der Waals surface area contributed by atoms with Gasteiger partial charge in [0.25, 0.3) is 0 Å². The summed E-state index contributed by atoms with van der Waals surface area (Å²) in [5.74, 6) is 0.744. The topological polar surface area (TPSA) is 77.8 Å². The van der Waals surface area contributed by atoms with E-state index in [4.69, 9.17) is 13.9 Å². The van der Waals surface area contributed by atoms with Crippen molar-refractivity contribution in [3.63, 3.8) is 0 Å². The van der Waals surface area contributed by atoms with E-state index < -0.39 is 5.63 Å². The van der Waals surface area contributed by atoms with Crippen LogP contribution in [0.5, 0.6) is 11.5 Å². The molecule has 1 heterocycles. The van der Waals surface area contributed by atoms with Gasteiger partial charge in [-0.3, -0.25) is 4.79 Å². The molecule has 1 amide bonds. The maximum atomic E-state index is 12.6. The first-order valence-electron chi connectivity index (χ1n) is 10.0. The van der Waals surface area contributed by atoms with E-state index in [2.05, 4.69) is 21.2 Å². The Hall–Kier alpha value is -3.84. The van der Waals surface area contributed by atoms with Crippen molar-refractivity contribution in [1.29, 1.82) is 0 Å². The maximum absolute atomic E-state index is 12.6. The van der Waals surface area contributed by atoms with Crippen molar-refractivity contribution >= 4 is 44.6 Å². The minimum absolute atomic E-state index is 0.363. The summed E-state index contributed by atoms with van der Waals surface area (Å²) in [6.07, 6.45) is 3.06.